The molecular formula is C19H23N7. The van der Waals surface area contributed by atoms with E-state index >= 15 is 0 Å². The third-order valence-electron chi connectivity index (χ3n) is 4.76. The fourth-order valence-electron chi connectivity index (χ4n) is 3.58. The monoisotopic (exact) mass is 349 g/mol. The van der Waals surface area contributed by atoms with Gasteiger partial charge in [0.25, 0.3) is 0 Å². The Labute approximate surface area is 153 Å². The smallest absolute Gasteiger partial charge is 0.151 e. The van der Waals surface area contributed by atoms with Gasteiger partial charge in [0.2, 0.25) is 0 Å². The highest BCUT2D eigenvalue weighted by Crippen LogP contribution is 2.23. The molecule has 0 amide bonds. The molecule has 1 aliphatic rings. The van der Waals surface area contributed by atoms with Crippen LogP contribution in [0.1, 0.15) is 18.4 Å². The van der Waals surface area contributed by atoms with E-state index in [0.29, 0.717) is 6.04 Å². The minimum absolute atomic E-state index is 0.449. The van der Waals surface area contributed by atoms with E-state index in [2.05, 4.69) is 36.7 Å². The maximum Gasteiger partial charge on any atom is 0.151 e. The Bertz CT molecular complexity index is 832. The molecule has 7 heteroatoms. The van der Waals surface area contributed by atoms with E-state index in [1.165, 1.54) is 18.4 Å². The van der Waals surface area contributed by atoms with Gasteiger partial charge in [0.15, 0.2) is 5.82 Å². The summed E-state index contributed by atoms with van der Waals surface area (Å²) in [6.45, 7) is 2.74. The van der Waals surface area contributed by atoms with Gasteiger partial charge in [0.05, 0.1) is 5.69 Å². The molecule has 1 atom stereocenters. The summed E-state index contributed by atoms with van der Waals surface area (Å²) in [4.78, 5) is 6.56. The van der Waals surface area contributed by atoms with Crippen LogP contribution >= 0.6 is 0 Å². The summed E-state index contributed by atoms with van der Waals surface area (Å²) in [5.41, 5.74) is 3.22. The minimum Gasteiger partial charge on any atom is -0.351 e. The van der Waals surface area contributed by atoms with E-state index in [0.717, 1.165) is 36.7 Å². The van der Waals surface area contributed by atoms with Crippen molar-refractivity contribution in [2.24, 2.45) is 7.05 Å². The summed E-state index contributed by atoms with van der Waals surface area (Å²) in [6, 6.07) is 8.42. The van der Waals surface area contributed by atoms with Crippen molar-refractivity contribution in [2.45, 2.75) is 25.4 Å². The molecule has 0 spiro atoms. The number of nitrogens with zero attached hydrogens (tertiary/aromatic N) is 6. The van der Waals surface area contributed by atoms with Gasteiger partial charge in [0, 0.05) is 68.6 Å². The highest BCUT2D eigenvalue weighted by Gasteiger charge is 2.25. The molecule has 26 heavy (non-hydrogen) atoms. The van der Waals surface area contributed by atoms with Crippen molar-refractivity contribution < 1.29 is 0 Å². The van der Waals surface area contributed by atoms with Gasteiger partial charge < -0.3 is 10.2 Å². The predicted molar refractivity (Wildman–Crippen MR) is 101 cm³/mol. The molecule has 7 nitrogen and oxygen atoms in total. The molecule has 0 radical (unpaired) electrons. The first-order valence-corrected chi connectivity index (χ1v) is 8.99. The van der Waals surface area contributed by atoms with Crippen molar-refractivity contribution in [2.75, 3.05) is 18.0 Å². The SMILES string of the molecule is Cn1cc(CNCC2CCCN2c2cccnn2)c(-c2cccnc2)n1. The maximum absolute atomic E-state index is 4.60. The Balaban J connectivity index is 1.41. The standard InChI is InChI=1S/C19H23N7/c1-25-14-16(19(24-25)15-5-2-8-20-11-15)12-21-13-17-6-4-10-26(17)18-7-3-9-22-23-18/h2-3,5,7-9,11,14,17,21H,4,6,10,12-13H2,1H3. The molecule has 0 saturated carbocycles. The molecule has 4 heterocycles. The summed E-state index contributed by atoms with van der Waals surface area (Å²) < 4.78 is 1.86. The van der Waals surface area contributed by atoms with Gasteiger partial charge in [-0.1, -0.05) is 0 Å². The molecule has 1 saturated heterocycles. The van der Waals surface area contributed by atoms with Crippen LogP contribution in [-0.2, 0) is 13.6 Å². The van der Waals surface area contributed by atoms with Crippen molar-refractivity contribution in [3.05, 3.63) is 54.6 Å². The van der Waals surface area contributed by atoms with Crippen LogP contribution in [0.3, 0.4) is 0 Å². The Morgan fingerprint density at radius 2 is 2.15 bits per heavy atom. The zero-order valence-electron chi connectivity index (χ0n) is 14.9. The zero-order valence-corrected chi connectivity index (χ0v) is 14.9. The number of hydrogen-bond donors (Lipinski definition) is 1. The number of pyridine rings is 1. The first-order chi connectivity index (χ1) is 12.8. The molecule has 0 aromatic carbocycles. The van der Waals surface area contributed by atoms with E-state index in [9.17, 15) is 0 Å². The van der Waals surface area contributed by atoms with E-state index in [1.54, 1.807) is 12.4 Å². The molecular weight excluding hydrogens is 326 g/mol. The third kappa shape index (κ3) is 3.57. The van der Waals surface area contributed by atoms with Gasteiger partial charge in [-0.2, -0.15) is 10.2 Å². The highest BCUT2D eigenvalue weighted by atomic mass is 15.3. The van der Waals surface area contributed by atoms with Crippen molar-refractivity contribution in [3.8, 4) is 11.3 Å². The molecule has 3 aromatic rings. The molecule has 1 N–H and O–H groups in total. The van der Waals surface area contributed by atoms with Crippen LogP contribution in [0.15, 0.2) is 49.1 Å². The Morgan fingerprint density at radius 3 is 2.96 bits per heavy atom. The molecule has 1 aliphatic heterocycles. The molecule has 3 aromatic heterocycles. The van der Waals surface area contributed by atoms with Crippen molar-refractivity contribution >= 4 is 5.82 Å². The average Bonchev–Trinajstić information content (AvgIpc) is 3.30. The number of nitrogens with one attached hydrogen (secondary N) is 1. The van der Waals surface area contributed by atoms with E-state index in [-0.39, 0.29) is 0 Å². The second-order valence-corrected chi connectivity index (χ2v) is 6.62. The molecule has 0 bridgehead atoms. The van der Waals surface area contributed by atoms with Crippen LogP contribution < -0.4 is 10.2 Å². The first-order valence-electron chi connectivity index (χ1n) is 8.99. The minimum atomic E-state index is 0.449. The molecule has 1 fully saturated rings. The topological polar surface area (TPSA) is 71.8 Å². The number of rotatable bonds is 6. The quantitative estimate of drug-likeness (QED) is 0.734. The van der Waals surface area contributed by atoms with Gasteiger partial charge in [-0.15, -0.1) is 5.10 Å². The number of hydrogen-bond acceptors (Lipinski definition) is 6. The van der Waals surface area contributed by atoms with Crippen LogP contribution in [0.5, 0.6) is 0 Å². The number of aromatic nitrogens is 5. The second kappa shape index (κ2) is 7.61. The van der Waals surface area contributed by atoms with Crippen LogP contribution in [0.4, 0.5) is 5.82 Å². The summed E-state index contributed by atoms with van der Waals surface area (Å²) >= 11 is 0. The number of anilines is 1. The van der Waals surface area contributed by atoms with Gasteiger partial charge >= 0.3 is 0 Å². The third-order valence-corrected chi connectivity index (χ3v) is 4.76. The first kappa shape index (κ1) is 16.7. The average molecular weight is 349 g/mol. The van der Waals surface area contributed by atoms with Crippen LogP contribution in [-0.4, -0.2) is 44.1 Å². The Kier molecular flexibility index (Phi) is 4.88. The predicted octanol–water partition coefficient (Wildman–Crippen LogP) is 2.03. The lowest BCUT2D eigenvalue weighted by Crippen LogP contribution is -2.38. The summed E-state index contributed by atoms with van der Waals surface area (Å²) in [5.74, 6) is 0.967. The van der Waals surface area contributed by atoms with Crippen LogP contribution in [0, 0.1) is 0 Å². The fourth-order valence-corrected chi connectivity index (χ4v) is 3.58. The zero-order chi connectivity index (χ0) is 17.8. The summed E-state index contributed by atoms with van der Waals surface area (Å²) in [6.07, 6.45) is 9.80. The highest BCUT2D eigenvalue weighted by molar-refractivity contribution is 5.61. The lowest BCUT2D eigenvalue weighted by atomic mass is 10.1. The van der Waals surface area contributed by atoms with Crippen molar-refractivity contribution in [3.63, 3.8) is 0 Å². The van der Waals surface area contributed by atoms with Crippen LogP contribution in [0.2, 0.25) is 0 Å². The normalized spacial score (nSPS) is 17.0. The van der Waals surface area contributed by atoms with E-state index < -0.39 is 0 Å². The maximum atomic E-state index is 4.60. The lowest BCUT2D eigenvalue weighted by molar-refractivity contribution is 0.569. The Morgan fingerprint density at radius 1 is 1.23 bits per heavy atom. The van der Waals surface area contributed by atoms with E-state index in [4.69, 9.17) is 0 Å². The van der Waals surface area contributed by atoms with Gasteiger partial charge in [0.1, 0.15) is 0 Å². The van der Waals surface area contributed by atoms with Crippen molar-refractivity contribution in [1.82, 2.24) is 30.3 Å². The molecule has 4 rings (SSSR count). The van der Waals surface area contributed by atoms with Crippen molar-refractivity contribution in [1.29, 1.82) is 0 Å². The summed E-state index contributed by atoms with van der Waals surface area (Å²) in [7, 11) is 1.95. The number of aryl methyl sites for hydroxylation is 1. The largest absolute Gasteiger partial charge is 0.351 e. The molecule has 134 valence electrons. The Hall–Kier alpha value is -2.80. The van der Waals surface area contributed by atoms with Gasteiger partial charge in [-0.25, -0.2) is 0 Å². The molecule has 0 aliphatic carbocycles. The van der Waals surface area contributed by atoms with Gasteiger partial charge in [-0.3, -0.25) is 9.67 Å². The van der Waals surface area contributed by atoms with E-state index in [1.807, 2.05) is 42.2 Å². The second-order valence-electron chi connectivity index (χ2n) is 6.62. The van der Waals surface area contributed by atoms with Crippen LogP contribution in [0.25, 0.3) is 11.3 Å². The molecule has 1 unspecified atom stereocenters. The summed E-state index contributed by atoms with van der Waals surface area (Å²) in [5, 5.41) is 16.5. The fraction of sp³-hybridized carbons (Fsp3) is 0.368. The van der Waals surface area contributed by atoms with Gasteiger partial charge in [-0.05, 0) is 37.1 Å². The lowest BCUT2D eigenvalue weighted by Gasteiger charge is -2.25.